The number of anilines is 1. The third-order valence-electron chi connectivity index (χ3n) is 5.61. The van der Waals surface area contributed by atoms with E-state index in [0.717, 1.165) is 5.56 Å². The first kappa shape index (κ1) is 22.4. The highest BCUT2D eigenvalue weighted by Crippen LogP contribution is 2.38. The Morgan fingerprint density at radius 2 is 1.82 bits per heavy atom. The predicted molar refractivity (Wildman–Crippen MR) is 119 cm³/mol. The van der Waals surface area contributed by atoms with Gasteiger partial charge in [0.2, 0.25) is 0 Å². The van der Waals surface area contributed by atoms with Crippen molar-refractivity contribution < 1.29 is 23.1 Å². The minimum Gasteiger partial charge on any atom is -0.508 e. The summed E-state index contributed by atoms with van der Waals surface area (Å²) >= 11 is 0. The van der Waals surface area contributed by atoms with Crippen molar-refractivity contribution in [1.82, 2.24) is 15.1 Å². The number of aromatic nitrogens is 2. The zero-order chi connectivity index (χ0) is 23.8. The highest BCUT2D eigenvalue weighted by atomic mass is 19.4. The highest BCUT2D eigenvalue weighted by Gasteiger charge is 2.44. The van der Waals surface area contributed by atoms with E-state index in [4.69, 9.17) is 0 Å². The van der Waals surface area contributed by atoms with E-state index < -0.39 is 29.4 Å². The highest BCUT2D eigenvalue weighted by molar-refractivity contribution is 6.01. The molecule has 2 N–H and O–H groups in total. The molecule has 3 aromatic rings. The van der Waals surface area contributed by atoms with Gasteiger partial charge in [-0.05, 0) is 18.1 Å². The molecule has 0 radical (unpaired) electrons. The fraction of sp³-hybridized carbons (Fsp3) is 0.250. The molecule has 2 heterocycles. The first-order valence-corrected chi connectivity index (χ1v) is 10.4. The topological polar surface area (TPSA) is 70.4 Å². The third kappa shape index (κ3) is 4.57. The summed E-state index contributed by atoms with van der Waals surface area (Å²) in [6.45, 7) is 6.22. The average Bonchev–Trinajstić information content (AvgIpc) is 3.34. The van der Waals surface area contributed by atoms with E-state index in [1.807, 2.05) is 30.3 Å². The van der Waals surface area contributed by atoms with Crippen molar-refractivity contribution in [3.63, 3.8) is 0 Å². The van der Waals surface area contributed by atoms with Crippen LogP contribution in [-0.2, 0) is 19.3 Å². The normalized spacial score (nSPS) is 14.1. The summed E-state index contributed by atoms with van der Waals surface area (Å²) in [5.74, 6) is -0.767. The van der Waals surface area contributed by atoms with Crippen molar-refractivity contribution in [2.24, 2.45) is 0 Å². The number of aliphatic hydroxyl groups is 1. The van der Waals surface area contributed by atoms with Crippen LogP contribution in [0, 0.1) is 0 Å². The second-order valence-corrected chi connectivity index (χ2v) is 7.94. The van der Waals surface area contributed by atoms with E-state index in [2.05, 4.69) is 17.0 Å². The van der Waals surface area contributed by atoms with Crippen LogP contribution >= 0.6 is 0 Å². The Labute approximate surface area is 189 Å². The van der Waals surface area contributed by atoms with E-state index in [9.17, 15) is 23.1 Å². The molecule has 6 nitrogen and oxygen atoms in total. The van der Waals surface area contributed by atoms with E-state index in [1.54, 1.807) is 36.1 Å². The Balaban J connectivity index is 1.64. The van der Waals surface area contributed by atoms with Gasteiger partial charge < -0.3 is 15.3 Å². The van der Waals surface area contributed by atoms with Crippen molar-refractivity contribution >= 4 is 17.5 Å². The van der Waals surface area contributed by atoms with Gasteiger partial charge in [-0.15, -0.1) is 0 Å². The number of hydrogen-bond donors (Lipinski definition) is 2. The summed E-state index contributed by atoms with van der Waals surface area (Å²) in [7, 11) is 0. The first-order chi connectivity index (χ1) is 15.6. The van der Waals surface area contributed by atoms with Gasteiger partial charge in [-0.3, -0.25) is 4.79 Å². The molecule has 1 aliphatic heterocycles. The molecule has 9 heteroatoms. The Morgan fingerprint density at radius 3 is 2.42 bits per heavy atom. The summed E-state index contributed by atoms with van der Waals surface area (Å²) in [5.41, 5.74) is 0.454. The molecule has 172 valence electrons. The van der Waals surface area contributed by atoms with Gasteiger partial charge in [-0.25, -0.2) is 4.68 Å². The van der Waals surface area contributed by atoms with Gasteiger partial charge in [0.05, 0.1) is 12.6 Å². The lowest BCUT2D eigenvalue weighted by Gasteiger charge is -2.21. The Bertz CT molecular complexity index is 1170. The van der Waals surface area contributed by atoms with Crippen molar-refractivity contribution in [3.05, 3.63) is 89.1 Å². The monoisotopic (exact) mass is 456 g/mol. The van der Waals surface area contributed by atoms with E-state index >= 15 is 0 Å². The fourth-order valence-corrected chi connectivity index (χ4v) is 3.93. The molecule has 0 fully saturated rings. The smallest absolute Gasteiger partial charge is 0.436 e. The van der Waals surface area contributed by atoms with Crippen molar-refractivity contribution in [1.29, 1.82) is 0 Å². The standard InChI is InChI=1S/C24H23F3N4O2/c1-15(18-8-10-19(11-9-18)16(2)32)28-22(33)20-21(24(25,26)27)29-31-13-12-30(23(20)31)14-17-6-4-3-5-7-17/h3-11,15,32H,2,12-14H2,1H3,(H,28,33)/t15-/m0/s1. The number of rotatable bonds is 6. The molecule has 1 atom stereocenters. The molecule has 1 aliphatic rings. The molecule has 0 bridgehead atoms. The van der Waals surface area contributed by atoms with E-state index in [1.165, 1.54) is 4.68 Å². The number of nitrogens with zero attached hydrogens (tertiary/aromatic N) is 3. The molecule has 33 heavy (non-hydrogen) atoms. The molecule has 4 rings (SSSR count). The molecule has 0 spiro atoms. The van der Waals surface area contributed by atoms with Crippen LogP contribution in [0.1, 0.15) is 45.7 Å². The number of hydrogen-bond acceptors (Lipinski definition) is 4. The first-order valence-electron chi connectivity index (χ1n) is 10.4. The van der Waals surface area contributed by atoms with Crippen molar-refractivity contribution in [2.45, 2.75) is 32.2 Å². The third-order valence-corrected chi connectivity index (χ3v) is 5.61. The second kappa shape index (κ2) is 8.65. The van der Waals surface area contributed by atoms with Crippen molar-refractivity contribution in [2.75, 3.05) is 11.4 Å². The number of carbonyl (C=O) groups excluding carboxylic acids is 1. The van der Waals surface area contributed by atoms with Crippen LogP contribution in [-0.4, -0.2) is 27.3 Å². The Morgan fingerprint density at radius 1 is 1.15 bits per heavy atom. The number of aliphatic hydroxyl groups excluding tert-OH is 1. The number of halogens is 3. The van der Waals surface area contributed by atoms with Gasteiger partial charge in [0, 0.05) is 18.7 Å². The predicted octanol–water partition coefficient (Wildman–Crippen LogP) is 4.94. The van der Waals surface area contributed by atoms with Crippen LogP contribution in [0.5, 0.6) is 0 Å². The molecule has 0 saturated heterocycles. The van der Waals surface area contributed by atoms with E-state index in [-0.39, 0.29) is 18.1 Å². The zero-order valence-corrected chi connectivity index (χ0v) is 17.9. The SMILES string of the molecule is C=C(O)c1ccc([C@H](C)NC(=O)c2c(C(F)(F)F)nn3c2N(Cc2ccccc2)CC3)cc1. The molecular formula is C24H23F3N4O2. The second-order valence-electron chi connectivity index (χ2n) is 7.94. The number of benzene rings is 2. The summed E-state index contributed by atoms with van der Waals surface area (Å²) in [4.78, 5) is 14.9. The summed E-state index contributed by atoms with van der Waals surface area (Å²) in [6.07, 6.45) is -4.77. The maximum absolute atomic E-state index is 13.8. The lowest BCUT2D eigenvalue weighted by Crippen LogP contribution is -2.31. The van der Waals surface area contributed by atoms with E-state index in [0.29, 0.717) is 24.2 Å². The van der Waals surface area contributed by atoms with Crippen LogP contribution in [0.3, 0.4) is 0 Å². The van der Waals surface area contributed by atoms with Gasteiger partial charge in [0.15, 0.2) is 5.69 Å². The van der Waals surface area contributed by atoms with Crippen LogP contribution < -0.4 is 10.2 Å². The minimum absolute atomic E-state index is 0.0954. The largest absolute Gasteiger partial charge is 0.508 e. The molecule has 0 aliphatic carbocycles. The number of nitrogens with one attached hydrogen (secondary N) is 1. The molecule has 1 aromatic heterocycles. The van der Waals surface area contributed by atoms with Crippen LogP contribution in [0.15, 0.2) is 61.2 Å². The lowest BCUT2D eigenvalue weighted by molar-refractivity contribution is -0.141. The Kier molecular flexibility index (Phi) is 5.88. The van der Waals surface area contributed by atoms with Gasteiger partial charge >= 0.3 is 6.18 Å². The number of amides is 1. The van der Waals surface area contributed by atoms with Crippen LogP contribution in [0.25, 0.3) is 5.76 Å². The lowest BCUT2D eigenvalue weighted by atomic mass is 10.0. The number of alkyl halides is 3. The number of carbonyl (C=O) groups is 1. The van der Waals surface area contributed by atoms with Gasteiger partial charge in [0.25, 0.3) is 5.91 Å². The number of fused-ring (bicyclic) bond motifs is 1. The molecular weight excluding hydrogens is 433 g/mol. The molecule has 2 aromatic carbocycles. The minimum atomic E-state index is -4.77. The summed E-state index contributed by atoms with van der Waals surface area (Å²) < 4.78 is 42.6. The van der Waals surface area contributed by atoms with Gasteiger partial charge in [-0.2, -0.15) is 18.3 Å². The maximum atomic E-state index is 13.8. The Hall–Kier alpha value is -3.75. The summed E-state index contributed by atoms with van der Waals surface area (Å²) in [5, 5.41) is 15.9. The van der Waals surface area contributed by atoms with Crippen molar-refractivity contribution in [3.8, 4) is 0 Å². The quantitative estimate of drug-likeness (QED) is 0.516. The van der Waals surface area contributed by atoms with Crippen LogP contribution in [0.4, 0.5) is 19.0 Å². The average molecular weight is 456 g/mol. The molecule has 0 saturated carbocycles. The zero-order valence-electron chi connectivity index (χ0n) is 17.9. The maximum Gasteiger partial charge on any atom is 0.436 e. The van der Waals surface area contributed by atoms with Crippen LogP contribution in [0.2, 0.25) is 0 Å². The summed E-state index contributed by atoms with van der Waals surface area (Å²) in [6, 6.07) is 15.4. The van der Waals surface area contributed by atoms with Gasteiger partial charge in [0.1, 0.15) is 17.1 Å². The fourth-order valence-electron chi connectivity index (χ4n) is 3.93. The molecule has 0 unspecified atom stereocenters. The molecule has 1 amide bonds. The van der Waals surface area contributed by atoms with Gasteiger partial charge in [-0.1, -0.05) is 61.2 Å².